The number of benzene rings is 1. The van der Waals surface area contributed by atoms with E-state index in [1.54, 1.807) is 17.0 Å². The van der Waals surface area contributed by atoms with Crippen LogP contribution in [0.2, 0.25) is 0 Å². The van der Waals surface area contributed by atoms with E-state index in [0.29, 0.717) is 0 Å². The average molecular weight is 206 g/mol. The Kier molecular flexibility index (Phi) is 4.15. The molecule has 1 aromatic rings. The second-order valence-electron chi connectivity index (χ2n) is 3.14. The van der Waals surface area contributed by atoms with Gasteiger partial charge in [0.1, 0.15) is 6.34 Å². The van der Waals surface area contributed by atoms with Crippen LogP contribution in [0.15, 0.2) is 35.4 Å². The van der Waals surface area contributed by atoms with Crippen molar-refractivity contribution in [3.8, 4) is 0 Å². The Hall–Kier alpha value is -2.04. The van der Waals surface area contributed by atoms with E-state index in [-0.39, 0.29) is 6.03 Å². The molecule has 0 aliphatic rings. The number of carbonyl (C=O) groups excluding carboxylic acids is 1. The molecular formula is C10H14N4O. The monoisotopic (exact) mass is 206 g/mol. The number of para-hydroxylation sites is 1. The zero-order valence-corrected chi connectivity index (χ0v) is 8.77. The van der Waals surface area contributed by atoms with Gasteiger partial charge in [-0.1, -0.05) is 18.2 Å². The van der Waals surface area contributed by atoms with Gasteiger partial charge in [0.2, 0.25) is 0 Å². The third-order valence-corrected chi connectivity index (χ3v) is 1.49. The topological polar surface area (TPSA) is 56.7 Å². The van der Waals surface area contributed by atoms with Crippen LogP contribution in [0.25, 0.3) is 0 Å². The van der Waals surface area contributed by atoms with Gasteiger partial charge in [0, 0.05) is 19.8 Å². The van der Waals surface area contributed by atoms with Crippen LogP contribution in [0, 0.1) is 0 Å². The second kappa shape index (κ2) is 5.64. The van der Waals surface area contributed by atoms with E-state index >= 15 is 0 Å². The summed E-state index contributed by atoms with van der Waals surface area (Å²) in [6, 6.07) is 8.81. The SMILES string of the molecule is CN(C)/C=N\NC(=O)Nc1ccccc1. The Balaban J connectivity index is 2.37. The summed E-state index contributed by atoms with van der Waals surface area (Å²) < 4.78 is 0. The first-order valence-corrected chi connectivity index (χ1v) is 4.50. The lowest BCUT2D eigenvalue weighted by atomic mass is 10.3. The number of hydrogen-bond acceptors (Lipinski definition) is 2. The van der Waals surface area contributed by atoms with E-state index in [4.69, 9.17) is 0 Å². The molecule has 0 fully saturated rings. The van der Waals surface area contributed by atoms with Crippen molar-refractivity contribution in [2.24, 2.45) is 5.10 Å². The fourth-order valence-electron chi connectivity index (χ4n) is 0.883. The van der Waals surface area contributed by atoms with E-state index in [1.165, 1.54) is 6.34 Å². The number of amides is 2. The van der Waals surface area contributed by atoms with E-state index < -0.39 is 0 Å². The Morgan fingerprint density at radius 2 is 2.00 bits per heavy atom. The van der Waals surface area contributed by atoms with E-state index in [0.717, 1.165) is 5.69 Å². The molecule has 0 aliphatic carbocycles. The Morgan fingerprint density at radius 3 is 2.60 bits per heavy atom. The highest BCUT2D eigenvalue weighted by atomic mass is 16.2. The second-order valence-corrected chi connectivity index (χ2v) is 3.14. The van der Waals surface area contributed by atoms with Gasteiger partial charge in [0.05, 0.1) is 0 Å². The largest absolute Gasteiger partial charge is 0.367 e. The minimum Gasteiger partial charge on any atom is -0.367 e. The fourth-order valence-corrected chi connectivity index (χ4v) is 0.883. The first kappa shape index (κ1) is 11.0. The van der Waals surface area contributed by atoms with Gasteiger partial charge in [0.25, 0.3) is 0 Å². The predicted molar refractivity (Wildman–Crippen MR) is 60.8 cm³/mol. The Morgan fingerprint density at radius 1 is 1.33 bits per heavy atom. The molecule has 0 spiro atoms. The molecule has 0 saturated carbocycles. The molecule has 5 heteroatoms. The first-order valence-electron chi connectivity index (χ1n) is 4.50. The number of hydrazone groups is 1. The summed E-state index contributed by atoms with van der Waals surface area (Å²) in [6.07, 6.45) is 1.50. The smallest absolute Gasteiger partial charge is 0.339 e. The molecule has 0 aromatic heterocycles. The molecule has 0 saturated heterocycles. The van der Waals surface area contributed by atoms with Crippen LogP contribution in [-0.2, 0) is 0 Å². The number of rotatable bonds is 3. The lowest BCUT2D eigenvalue weighted by Gasteiger charge is -2.05. The van der Waals surface area contributed by atoms with Crippen LogP contribution in [0.3, 0.4) is 0 Å². The summed E-state index contributed by atoms with van der Waals surface area (Å²) in [7, 11) is 3.64. The van der Waals surface area contributed by atoms with Gasteiger partial charge in [-0.05, 0) is 12.1 Å². The summed E-state index contributed by atoms with van der Waals surface area (Å²) in [4.78, 5) is 13.0. The molecule has 0 heterocycles. The molecule has 0 aliphatic heterocycles. The number of urea groups is 1. The fraction of sp³-hybridized carbons (Fsp3) is 0.200. The Bertz CT molecular complexity index is 335. The maximum absolute atomic E-state index is 11.2. The van der Waals surface area contributed by atoms with Gasteiger partial charge in [-0.2, -0.15) is 5.10 Å². The van der Waals surface area contributed by atoms with Crippen molar-refractivity contribution in [3.05, 3.63) is 30.3 Å². The minimum atomic E-state index is -0.362. The van der Waals surface area contributed by atoms with Crippen molar-refractivity contribution >= 4 is 18.1 Å². The van der Waals surface area contributed by atoms with Gasteiger partial charge < -0.3 is 10.2 Å². The number of carbonyl (C=O) groups is 1. The summed E-state index contributed by atoms with van der Waals surface area (Å²) in [5.41, 5.74) is 3.07. The number of nitrogens with zero attached hydrogens (tertiary/aromatic N) is 2. The number of anilines is 1. The third kappa shape index (κ3) is 4.66. The number of hydrogen-bond donors (Lipinski definition) is 2. The standard InChI is InChI=1S/C10H14N4O/c1-14(2)8-11-13-10(15)12-9-6-4-3-5-7-9/h3-8H,1-2H3,(H2,12,13,15)/b11-8-. The molecule has 2 N–H and O–H groups in total. The molecular weight excluding hydrogens is 192 g/mol. The zero-order valence-electron chi connectivity index (χ0n) is 8.77. The van der Waals surface area contributed by atoms with Crippen molar-refractivity contribution in [3.63, 3.8) is 0 Å². The predicted octanol–water partition coefficient (Wildman–Crippen LogP) is 1.31. The van der Waals surface area contributed by atoms with Crippen molar-refractivity contribution in [2.75, 3.05) is 19.4 Å². The summed E-state index contributed by atoms with van der Waals surface area (Å²) >= 11 is 0. The van der Waals surface area contributed by atoms with Crippen molar-refractivity contribution in [2.45, 2.75) is 0 Å². The van der Waals surface area contributed by atoms with Crippen LogP contribution >= 0.6 is 0 Å². The van der Waals surface area contributed by atoms with E-state index in [2.05, 4.69) is 15.8 Å². The van der Waals surface area contributed by atoms with Gasteiger partial charge in [-0.15, -0.1) is 0 Å². The van der Waals surface area contributed by atoms with Gasteiger partial charge in [-0.25, -0.2) is 10.2 Å². The molecule has 0 radical (unpaired) electrons. The lowest BCUT2D eigenvalue weighted by molar-refractivity contribution is 0.252. The molecule has 2 amide bonds. The highest BCUT2D eigenvalue weighted by Gasteiger charge is 1.97. The first-order chi connectivity index (χ1) is 7.18. The quantitative estimate of drug-likeness (QED) is 0.445. The van der Waals surface area contributed by atoms with Crippen LogP contribution in [-0.4, -0.2) is 31.4 Å². The van der Waals surface area contributed by atoms with Crippen LogP contribution in [0.5, 0.6) is 0 Å². The molecule has 1 rings (SSSR count). The summed E-state index contributed by atoms with van der Waals surface area (Å²) in [5.74, 6) is 0. The highest BCUT2D eigenvalue weighted by molar-refractivity contribution is 5.89. The van der Waals surface area contributed by atoms with Gasteiger partial charge in [-0.3, -0.25) is 0 Å². The van der Waals surface area contributed by atoms with E-state index in [1.807, 2.05) is 32.3 Å². The normalized spacial score (nSPS) is 10.0. The maximum atomic E-state index is 11.2. The maximum Gasteiger partial charge on any atom is 0.339 e. The molecule has 0 unspecified atom stereocenters. The van der Waals surface area contributed by atoms with E-state index in [9.17, 15) is 4.79 Å². The van der Waals surface area contributed by atoms with Gasteiger partial charge in [0.15, 0.2) is 0 Å². The van der Waals surface area contributed by atoms with Crippen molar-refractivity contribution in [1.82, 2.24) is 10.3 Å². The average Bonchev–Trinajstić information content (AvgIpc) is 2.18. The third-order valence-electron chi connectivity index (χ3n) is 1.49. The molecule has 0 bridgehead atoms. The molecule has 5 nitrogen and oxygen atoms in total. The molecule has 15 heavy (non-hydrogen) atoms. The molecule has 1 aromatic carbocycles. The summed E-state index contributed by atoms with van der Waals surface area (Å²) in [5, 5.41) is 6.34. The molecule has 80 valence electrons. The van der Waals surface area contributed by atoms with Crippen molar-refractivity contribution in [1.29, 1.82) is 0 Å². The lowest BCUT2D eigenvalue weighted by Crippen LogP contribution is -2.25. The highest BCUT2D eigenvalue weighted by Crippen LogP contribution is 2.03. The van der Waals surface area contributed by atoms with Crippen molar-refractivity contribution < 1.29 is 4.79 Å². The Labute approximate surface area is 88.8 Å². The van der Waals surface area contributed by atoms with Crippen LogP contribution < -0.4 is 10.7 Å². The van der Waals surface area contributed by atoms with Gasteiger partial charge >= 0.3 is 6.03 Å². The van der Waals surface area contributed by atoms with Crippen LogP contribution in [0.1, 0.15) is 0 Å². The minimum absolute atomic E-state index is 0.362. The van der Waals surface area contributed by atoms with Crippen LogP contribution in [0.4, 0.5) is 10.5 Å². The number of nitrogens with one attached hydrogen (secondary N) is 2. The zero-order chi connectivity index (χ0) is 11.1. The molecule has 0 atom stereocenters. The summed E-state index contributed by atoms with van der Waals surface area (Å²) in [6.45, 7) is 0.